The van der Waals surface area contributed by atoms with Crippen molar-refractivity contribution in [2.24, 2.45) is 0 Å². The molecule has 0 amide bonds. The molecule has 0 aliphatic carbocycles. The molecular weight excluding hydrogens is 616 g/mol. The summed E-state index contributed by atoms with van der Waals surface area (Å²) >= 11 is 0. The largest absolute Gasteiger partial charge is 2.00 e. The van der Waals surface area contributed by atoms with Crippen molar-refractivity contribution in [2.45, 2.75) is 0 Å². The molecule has 0 aromatic heterocycles. The van der Waals surface area contributed by atoms with E-state index in [0.717, 1.165) is 5.56 Å². The standard InChI is InChI=1S/C27H21P.2ClH.Os.H2/c1-23(22-24-14-6-2-7-15-24)28(25-16-8-3-9-17-25,26-18-10-4-11-19-26)27-20-12-5-13-21-27;;;;/h2-22H;2*1H;;1H/q+1;;;+2;/p-2/b23-22+;;;;. The van der Waals surface area contributed by atoms with Crippen molar-refractivity contribution >= 4 is 29.3 Å². The second kappa shape index (κ2) is 13.0. The predicted molar refractivity (Wildman–Crippen MR) is 125 cm³/mol. The van der Waals surface area contributed by atoms with Crippen molar-refractivity contribution in [3.05, 3.63) is 139 Å². The van der Waals surface area contributed by atoms with Crippen LogP contribution < -0.4 is 40.7 Å². The summed E-state index contributed by atoms with van der Waals surface area (Å²) in [6.07, 6.45) is 2.03. The van der Waals surface area contributed by atoms with Gasteiger partial charge in [-0.1, -0.05) is 84.9 Å². The molecule has 0 aliphatic heterocycles. The van der Waals surface area contributed by atoms with E-state index in [1.165, 1.54) is 15.9 Å². The molecule has 31 heavy (non-hydrogen) atoms. The molecule has 0 N–H and O–H groups in total. The fraction of sp³-hybridized carbons (Fsp3) is 0. The fourth-order valence-corrected chi connectivity index (χ4v) is 7.55. The summed E-state index contributed by atoms with van der Waals surface area (Å²) in [6.45, 7) is 9.34. The van der Waals surface area contributed by atoms with Crippen molar-refractivity contribution in [3.8, 4) is 0 Å². The minimum absolute atomic E-state index is 0. The van der Waals surface area contributed by atoms with Gasteiger partial charge >= 0.3 is 19.8 Å². The summed E-state index contributed by atoms with van der Waals surface area (Å²) in [5.74, 6) is 0. The number of hydrogen-bond donors (Lipinski definition) is 0. The topological polar surface area (TPSA) is 0 Å². The normalized spacial score (nSPS) is 10.8. The summed E-state index contributed by atoms with van der Waals surface area (Å²) in [4.78, 5) is 0. The van der Waals surface area contributed by atoms with E-state index < -0.39 is 7.26 Å². The Morgan fingerprint density at radius 3 is 1.16 bits per heavy atom. The maximum Gasteiger partial charge on any atom is 2.00 e. The van der Waals surface area contributed by atoms with Gasteiger partial charge in [0.1, 0.15) is 23.2 Å². The third-order valence-corrected chi connectivity index (χ3v) is 8.96. The zero-order valence-electron chi connectivity index (χ0n) is 16.7. The molecule has 3 radical (unpaired) electrons. The molecular formula is C27H23Cl2OsP+. The van der Waals surface area contributed by atoms with Crippen LogP contribution in [0.15, 0.2) is 127 Å². The van der Waals surface area contributed by atoms with E-state index in [9.17, 15) is 6.92 Å². The first kappa shape index (κ1) is 27.3. The van der Waals surface area contributed by atoms with Crippen LogP contribution in [-0.4, -0.2) is 0 Å². The summed E-state index contributed by atoms with van der Waals surface area (Å²) in [6, 6.07) is 41.7. The Hall–Kier alpha value is -1.73. The van der Waals surface area contributed by atoms with Gasteiger partial charge < -0.3 is 24.8 Å². The van der Waals surface area contributed by atoms with Gasteiger partial charge in [0.15, 0.2) is 0 Å². The molecule has 0 unspecified atom stereocenters. The fourth-order valence-electron chi connectivity index (χ4n) is 3.62. The minimum atomic E-state index is -2.28. The number of rotatable bonds is 5. The van der Waals surface area contributed by atoms with E-state index in [2.05, 4.69) is 84.9 Å². The molecule has 4 aromatic rings. The van der Waals surface area contributed by atoms with Crippen molar-refractivity contribution in [1.82, 2.24) is 0 Å². The Balaban J connectivity index is 0.00000240. The Bertz CT molecular complexity index is 963. The maximum absolute atomic E-state index is 9.34. The second-order valence-electron chi connectivity index (χ2n) is 6.62. The number of benzene rings is 4. The van der Waals surface area contributed by atoms with Gasteiger partial charge in [-0.15, -0.1) is 0 Å². The van der Waals surface area contributed by atoms with Crippen LogP contribution in [0.4, 0.5) is 0 Å². The van der Waals surface area contributed by atoms with Gasteiger partial charge in [0.25, 0.3) is 0 Å². The molecule has 4 rings (SSSR count). The van der Waals surface area contributed by atoms with Gasteiger partial charge in [0, 0.05) is 1.43 Å². The van der Waals surface area contributed by atoms with Crippen LogP contribution in [0.3, 0.4) is 0 Å². The van der Waals surface area contributed by atoms with Gasteiger partial charge in [-0.05, 0) is 48.0 Å². The maximum atomic E-state index is 9.34. The summed E-state index contributed by atoms with van der Waals surface area (Å²) in [7, 11) is -2.28. The molecule has 0 saturated carbocycles. The zero-order valence-corrected chi connectivity index (χ0v) is 21.6. The summed E-state index contributed by atoms with van der Waals surface area (Å²) in [5.41, 5.74) is 1.06. The second-order valence-corrected chi connectivity index (χ2v) is 9.99. The molecule has 0 fully saturated rings. The third-order valence-electron chi connectivity index (χ3n) is 4.89. The molecule has 0 heterocycles. The van der Waals surface area contributed by atoms with E-state index in [1.54, 1.807) is 0 Å². The molecule has 0 bridgehead atoms. The van der Waals surface area contributed by atoms with Crippen LogP contribution in [-0.2, 0) is 19.8 Å². The Kier molecular flexibility index (Phi) is 11.4. The van der Waals surface area contributed by atoms with Crippen molar-refractivity contribution < 1.29 is 46.0 Å². The number of allylic oxidation sites excluding steroid dienone is 1. The first-order chi connectivity index (χ1) is 13.8. The van der Waals surface area contributed by atoms with E-state index in [4.69, 9.17) is 0 Å². The Labute approximate surface area is 213 Å². The Morgan fingerprint density at radius 1 is 0.548 bits per heavy atom. The van der Waals surface area contributed by atoms with Crippen LogP contribution in [0, 0.1) is 6.92 Å². The van der Waals surface area contributed by atoms with Crippen molar-refractivity contribution in [1.29, 1.82) is 0 Å². The molecule has 4 heteroatoms. The summed E-state index contributed by atoms with van der Waals surface area (Å²) in [5, 5.41) is 4.25. The predicted octanol–water partition coefficient (Wildman–Crippen LogP) is -0.139. The molecule has 0 spiro atoms. The van der Waals surface area contributed by atoms with Crippen LogP contribution in [0.2, 0.25) is 0 Å². The number of halogens is 2. The molecule has 0 aliphatic rings. The van der Waals surface area contributed by atoms with Crippen LogP contribution >= 0.6 is 7.26 Å². The molecule has 0 atom stereocenters. The van der Waals surface area contributed by atoms with Crippen LogP contribution in [0.25, 0.3) is 6.08 Å². The average Bonchev–Trinajstić information content (AvgIpc) is 2.77. The van der Waals surface area contributed by atoms with Crippen molar-refractivity contribution in [2.75, 3.05) is 0 Å². The van der Waals surface area contributed by atoms with E-state index in [1.807, 2.05) is 42.5 Å². The average molecular weight is 640 g/mol. The molecule has 4 aromatic carbocycles. The SMILES string of the molecule is [C]/C(=C\c1ccccc1)[P+](c1ccccc1)(c1ccccc1)c1ccccc1.[Cl-].[Cl-].[HH].[Os+2]. The first-order valence-electron chi connectivity index (χ1n) is 9.36. The van der Waals surface area contributed by atoms with Gasteiger partial charge in [-0.2, -0.15) is 0 Å². The van der Waals surface area contributed by atoms with E-state index >= 15 is 0 Å². The van der Waals surface area contributed by atoms with Crippen molar-refractivity contribution in [3.63, 3.8) is 0 Å². The molecule has 0 nitrogen and oxygen atoms in total. The molecule has 157 valence electrons. The van der Waals surface area contributed by atoms with Gasteiger partial charge in [-0.25, -0.2) is 0 Å². The van der Waals surface area contributed by atoms with E-state index in [0.29, 0.717) is 5.31 Å². The summed E-state index contributed by atoms with van der Waals surface area (Å²) < 4.78 is 0. The zero-order chi connectivity index (χ0) is 19.2. The van der Waals surface area contributed by atoms with E-state index in [-0.39, 0.29) is 46.0 Å². The smallest absolute Gasteiger partial charge is 1.00 e. The quantitative estimate of drug-likeness (QED) is 0.267. The van der Waals surface area contributed by atoms with Gasteiger partial charge in [-0.3, -0.25) is 0 Å². The van der Waals surface area contributed by atoms with Crippen LogP contribution in [0.5, 0.6) is 0 Å². The molecule has 0 saturated heterocycles. The van der Waals surface area contributed by atoms with Crippen LogP contribution in [0.1, 0.15) is 6.99 Å². The Morgan fingerprint density at radius 2 is 0.839 bits per heavy atom. The third kappa shape index (κ3) is 5.74. The van der Waals surface area contributed by atoms with Gasteiger partial charge in [0.2, 0.25) is 0 Å². The first-order valence-corrected chi connectivity index (χ1v) is 11.2. The minimum Gasteiger partial charge on any atom is -1.00 e. The number of hydrogen-bond acceptors (Lipinski definition) is 0. The monoisotopic (exact) mass is 640 g/mol. The van der Waals surface area contributed by atoms with Gasteiger partial charge in [0.05, 0.1) is 12.2 Å².